The first-order valence-corrected chi connectivity index (χ1v) is 7.43. The first kappa shape index (κ1) is 16.5. The largest absolute Gasteiger partial charge is 0.373 e. The van der Waals surface area contributed by atoms with E-state index in [0.717, 1.165) is 18.9 Å². The molecule has 0 radical (unpaired) electrons. The maximum absolute atomic E-state index is 5.87. The number of guanidine groups is 1. The number of aliphatic imine (C=N–C) groups is 1. The lowest BCUT2D eigenvalue weighted by Crippen LogP contribution is -2.47. The summed E-state index contributed by atoms with van der Waals surface area (Å²) in [7, 11) is 1.82. The molecule has 116 valence electrons. The lowest BCUT2D eigenvalue weighted by molar-refractivity contribution is 0.0992. The number of nitrogens with one attached hydrogen (secondary N) is 2. The molecule has 0 aliphatic carbocycles. The minimum Gasteiger partial charge on any atom is -0.373 e. The number of nitrogens with zero attached hydrogens (tertiary/aromatic N) is 1. The molecule has 5 heteroatoms. The van der Waals surface area contributed by atoms with Crippen LogP contribution in [0.2, 0.25) is 0 Å². The Morgan fingerprint density at radius 1 is 1.33 bits per heavy atom. The van der Waals surface area contributed by atoms with E-state index in [0.29, 0.717) is 18.2 Å². The Morgan fingerprint density at radius 3 is 2.76 bits per heavy atom. The van der Waals surface area contributed by atoms with Crippen LogP contribution >= 0.6 is 24.0 Å². The van der Waals surface area contributed by atoms with E-state index in [4.69, 9.17) is 4.74 Å². The summed E-state index contributed by atoms with van der Waals surface area (Å²) in [5.74, 6) is 0.870. The van der Waals surface area contributed by atoms with Crippen molar-refractivity contribution in [1.82, 2.24) is 10.6 Å². The summed E-state index contributed by atoms with van der Waals surface area (Å²) in [4.78, 5) is 4.32. The molecule has 0 amide bonds. The summed E-state index contributed by atoms with van der Waals surface area (Å²) in [5, 5.41) is 6.90. The van der Waals surface area contributed by atoms with Crippen molar-refractivity contribution >= 4 is 29.9 Å². The van der Waals surface area contributed by atoms with Crippen molar-refractivity contribution in [2.75, 3.05) is 7.05 Å². The summed E-state index contributed by atoms with van der Waals surface area (Å²) in [6, 6.07) is 8.84. The molecule has 2 heterocycles. The predicted molar refractivity (Wildman–Crippen MR) is 96.2 cm³/mol. The Kier molecular flexibility index (Phi) is 5.87. The van der Waals surface area contributed by atoms with Gasteiger partial charge in [0.1, 0.15) is 0 Å². The number of hydrogen-bond acceptors (Lipinski definition) is 2. The van der Waals surface area contributed by atoms with Gasteiger partial charge in [0, 0.05) is 13.6 Å². The summed E-state index contributed by atoms with van der Waals surface area (Å²) in [6.45, 7) is 2.94. The second kappa shape index (κ2) is 7.45. The number of hydrogen-bond donors (Lipinski definition) is 2. The molecular weight excluding hydrogens is 377 g/mol. The number of rotatable bonds is 3. The van der Waals surface area contributed by atoms with Gasteiger partial charge in [-0.1, -0.05) is 24.3 Å². The van der Waals surface area contributed by atoms with E-state index in [1.54, 1.807) is 0 Å². The second-order valence-corrected chi connectivity index (χ2v) is 5.71. The predicted octanol–water partition coefficient (Wildman–Crippen LogP) is 2.60. The fourth-order valence-corrected chi connectivity index (χ4v) is 3.15. The van der Waals surface area contributed by atoms with Gasteiger partial charge < -0.3 is 15.4 Å². The Labute approximate surface area is 143 Å². The van der Waals surface area contributed by atoms with Crippen molar-refractivity contribution in [3.8, 4) is 0 Å². The monoisotopic (exact) mass is 401 g/mol. The minimum atomic E-state index is 0. The Bertz CT molecular complexity index is 506. The summed E-state index contributed by atoms with van der Waals surface area (Å²) in [6.07, 6.45) is 4.34. The highest BCUT2D eigenvalue weighted by Gasteiger charge is 2.41. The van der Waals surface area contributed by atoms with Gasteiger partial charge in [-0.15, -0.1) is 24.0 Å². The third-order valence-electron chi connectivity index (χ3n) is 4.36. The highest BCUT2D eigenvalue weighted by Crippen LogP contribution is 2.34. The minimum absolute atomic E-state index is 0. The van der Waals surface area contributed by atoms with Crippen molar-refractivity contribution in [3.05, 3.63) is 35.4 Å². The van der Waals surface area contributed by atoms with Crippen LogP contribution in [-0.4, -0.2) is 31.3 Å². The number of ether oxygens (including phenoxy) is 1. The summed E-state index contributed by atoms with van der Waals surface area (Å²) >= 11 is 0. The molecule has 4 nitrogen and oxygen atoms in total. The Balaban J connectivity index is 0.00000161. The van der Waals surface area contributed by atoms with Crippen LogP contribution in [0.1, 0.15) is 30.4 Å². The van der Waals surface area contributed by atoms with Crippen molar-refractivity contribution in [3.63, 3.8) is 0 Å². The topological polar surface area (TPSA) is 45.7 Å². The molecule has 1 aromatic rings. The van der Waals surface area contributed by atoms with E-state index >= 15 is 0 Å². The highest BCUT2D eigenvalue weighted by molar-refractivity contribution is 14.0. The van der Waals surface area contributed by atoms with Crippen LogP contribution in [0.4, 0.5) is 0 Å². The quantitative estimate of drug-likeness (QED) is 0.465. The van der Waals surface area contributed by atoms with Crippen molar-refractivity contribution in [2.45, 2.75) is 51.0 Å². The average Bonchev–Trinajstić information content (AvgIpc) is 3.07. The average molecular weight is 401 g/mol. The third-order valence-corrected chi connectivity index (χ3v) is 4.36. The van der Waals surface area contributed by atoms with Crippen LogP contribution < -0.4 is 10.6 Å². The number of halogens is 1. The zero-order valence-electron chi connectivity index (χ0n) is 12.6. The number of fused-ring (bicyclic) bond motifs is 2. The van der Waals surface area contributed by atoms with Crippen LogP contribution in [-0.2, 0) is 11.3 Å². The van der Waals surface area contributed by atoms with Gasteiger partial charge in [-0.05, 0) is 37.3 Å². The lowest BCUT2D eigenvalue weighted by Gasteiger charge is -2.22. The molecule has 2 aliphatic rings. The Morgan fingerprint density at radius 2 is 2.14 bits per heavy atom. The van der Waals surface area contributed by atoms with E-state index in [1.807, 2.05) is 7.05 Å². The van der Waals surface area contributed by atoms with Gasteiger partial charge in [0.15, 0.2) is 5.96 Å². The smallest absolute Gasteiger partial charge is 0.191 e. The molecule has 21 heavy (non-hydrogen) atoms. The van der Waals surface area contributed by atoms with E-state index in [2.05, 4.69) is 46.8 Å². The van der Waals surface area contributed by atoms with Gasteiger partial charge in [0.25, 0.3) is 0 Å². The van der Waals surface area contributed by atoms with Crippen LogP contribution in [0, 0.1) is 6.92 Å². The fourth-order valence-electron chi connectivity index (χ4n) is 3.15. The third kappa shape index (κ3) is 3.88. The van der Waals surface area contributed by atoms with Crippen molar-refractivity contribution in [2.24, 2.45) is 4.99 Å². The fraction of sp³-hybridized carbons (Fsp3) is 0.562. The van der Waals surface area contributed by atoms with Crippen LogP contribution in [0.25, 0.3) is 0 Å². The SMILES string of the molecule is CN=C(NCc1ccccc1C)NC1CC2CCC1O2.I. The van der Waals surface area contributed by atoms with Crippen LogP contribution in [0.15, 0.2) is 29.3 Å². The van der Waals surface area contributed by atoms with Gasteiger partial charge >= 0.3 is 0 Å². The van der Waals surface area contributed by atoms with Gasteiger partial charge in [0.2, 0.25) is 0 Å². The lowest BCUT2D eigenvalue weighted by atomic mass is 9.96. The van der Waals surface area contributed by atoms with E-state index in [9.17, 15) is 0 Å². The van der Waals surface area contributed by atoms with Gasteiger partial charge in [-0.2, -0.15) is 0 Å². The maximum atomic E-state index is 5.87. The Hall–Kier alpha value is -0.820. The zero-order valence-corrected chi connectivity index (χ0v) is 15.0. The molecule has 0 spiro atoms. The first-order valence-electron chi connectivity index (χ1n) is 7.43. The molecule has 3 atom stereocenters. The summed E-state index contributed by atoms with van der Waals surface area (Å²) in [5.41, 5.74) is 2.61. The normalized spacial score (nSPS) is 27.3. The van der Waals surface area contributed by atoms with Crippen LogP contribution in [0.3, 0.4) is 0 Å². The first-order chi connectivity index (χ1) is 9.76. The van der Waals surface area contributed by atoms with Crippen LogP contribution in [0.5, 0.6) is 0 Å². The molecule has 1 aromatic carbocycles. The van der Waals surface area contributed by atoms with Gasteiger partial charge in [-0.25, -0.2) is 0 Å². The van der Waals surface area contributed by atoms with E-state index in [1.165, 1.54) is 24.0 Å². The molecule has 3 unspecified atom stereocenters. The molecule has 2 saturated heterocycles. The molecule has 2 aliphatic heterocycles. The van der Waals surface area contributed by atoms with Gasteiger partial charge in [0.05, 0.1) is 18.2 Å². The standard InChI is InChI=1S/C16H23N3O.HI/c1-11-5-3-4-6-12(11)10-18-16(17-2)19-14-9-13-7-8-15(14)20-13;/h3-6,13-15H,7-10H2,1-2H3,(H2,17,18,19);1H. The summed E-state index contributed by atoms with van der Waals surface area (Å²) < 4.78 is 5.87. The molecular formula is C16H24IN3O. The highest BCUT2D eigenvalue weighted by atomic mass is 127. The van der Waals surface area contributed by atoms with Gasteiger partial charge in [-0.3, -0.25) is 4.99 Å². The molecule has 3 rings (SSSR count). The van der Waals surface area contributed by atoms with E-state index in [-0.39, 0.29) is 24.0 Å². The molecule has 2 N–H and O–H groups in total. The number of aryl methyl sites for hydroxylation is 1. The zero-order chi connectivity index (χ0) is 13.9. The molecule has 2 fully saturated rings. The molecule has 0 aromatic heterocycles. The molecule has 2 bridgehead atoms. The maximum Gasteiger partial charge on any atom is 0.191 e. The molecule has 0 saturated carbocycles. The van der Waals surface area contributed by atoms with Crippen molar-refractivity contribution < 1.29 is 4.74 Å². The number of benzene rings is 1. The van der Waals surface area contributed by atoms with Crippen molar-refractivity contribution in [1.29, 1.82) is 0 Å². The second-order valence-electron chi connectivity index (χ2n) is 5.71. The van der Waals surface area contributed by atoms with E-state index < -0.39 is 0 Å².